The zero-order valence-electron chi connectivity index (χ0n) is 16.5. The molecule has 0 saturated heterocycles. The molecular formula is C23H22N2O3S. The summed E-state index contributed by atoms with van der Waals surface area (Å²) in [6.45, 7) is 4.64. The molecule has 1 aromatic heterocycles. The van der Waals surface area contributed by atoms with E-state index in [0.29, 0.717) is 23.6 Å². The molecule has 0 bridgehead atoms. The van der Waals surface area contributed by atoms with Gasteiger partial charge in [0.2, 0.25) is 0 Å². The van der Waals surface area contributed by atoms with Crippen LogP contribution < -0.4 is 5.63 Å². The van der Waals surface area contributed by atoms with Crippen molar-refractivity contribution in [3.8, 4) is 0 Å². The third kappa shape index (κ3) is 4.27. The number of nitrogens with zero attached hydrogens (tertiary/aromatic N) is 2. The van der Waals surface area contributed by atoms with Gasteiger partial charge in [-0.15, -0.1) is 11.8 Å². The van der Waals surface area contributed by atoms with Crippen molar-refractivity contribution in [2.75, 3.05) is 12.3 Å². The number of aryl methyl sites for hydroxylation is 2. The molecule has 0 saturated carbocycles. The van der Waals surface area contributed by atoms with Gasteiger partial charge in [0.05, 0.1) is 18.0 Å². The van der Waals surface area contributed by atoms with Gasteiger partial charge in [-0.3, -0.25) is 4.79 Å². The first kappa shape index (κ1) is 19.5. The lowest BCUT2D eigenvalue weighted by molar-refractivity contribution is -0.127. The van der Waals surface area contributed by atoms with E-state index in [2.05, 4.69) is 5.10 Å². The monoisotopic (exact) mass is 406 g/mol. The number of hydrazone groups is 1. The van der Waals surface area contributed by atoms with Crippen LogP contribution in [-0.4, -0.2) is 28.9 Å². The quantitative estimate of drug-likeness (QED) is 0.594. The molecule has 2 aromatic carbocycles. The fourth-order valence-electron chi connectivity index (χ4n) is 3.40. The number of hydrogen-bond acceptors (Lipinski definition) is 5. The second-order valence-electron chi connectivity index (χ2n) is 7.20. The molecule has 0 spiro atoms. The molecule has 0 radical (unpaired) electrons. The molecule has 5 nitrogen and oxygen atoms in total. The van der Waals surface area contributed by atoms with Crippen molar-refractivity contribution < 1.29 is 9.21 Å². The van der Waals surface area contributed by atoms with Crippen molar-refractivity contribution in [2.24, 2.45) is 5.10 Å². The lowest BCUT2D eigenvalue weighted by Gasteiger charge is -2.12. The number of benzene rings is 2. The molecule has 0 aliphatic carbocycles. The van der Waals surface area contributed by atoms with Crippen molar-refractivity contribution in [3.05, 3.63) is 81.2 Å². The van der Waals surface area contributed by atoms with Crippen molar-refractivity contribution in [2.45, 2.75) is 26.0 Å². The van der Waals surface area contributed by atoms with Crippen molar-refractivity contribution in [1.82, 2.24) is 5.01 Å². The van der Waals surface area contributed by atoms with Crippen LogP contribution in [-0.2, 0) is 10.5 Å². The van der Waals surface area contributed by atoms with E-state index in [1.807, 2.05) is 56.3 Å². The molecule has 148 valence electrons. The number of fused-ring (bicyclic) bond motifs is 1. The Balaban J connectivity index is 1.43. The smallest absolute Gasteiger partial charge is 0.336 e. The summed E-state index contributed by atoms with van der Waals surface area (Å²) in [5.74, 6) is 0.873. The summed E-state index contributed by atoms with van der Waals surface area (Å²) in [5, 5.41) is 6.98. The average Bonchev–Trinajstić information content (AvgIpc) is 3.20. The van der Waals surface area contributed by atoms with Gasteiger partial charge in [0.25, 0.3) is 5.91 Å². The largest absolute Gasteiger partial charge is 0.423 e. The minimum Gasteiger partial charge on any atom is -0.423 e. The first-order valence-electron chi connectivity index (χ1n) is 9.56. The van der Waals surface area contributed by atoms with Gasteiger partial charge in [-0.05, 0) is 48.2 Å². The van der Waals surface area contributed by atoms with Crippen LogP contribution in [0.15, 0.2) is 62.8 Å². The molecule has 6 heteroatoms. The number of carbonyl (C=O) groups excluding carboxylic acids is 1. The normalized spacial score (nSPS) is 13.7. The molecule has 0 atom stereocenters. The Morgan fingerprint density at radius 1 is 1.14 bits per heavy atom. The van der Waals surface area contributed by atoms with Crippen molar-refractivity contribution >= 4 is 34.3 Å². The van der Waals surface area contributed by atoms with E-state index in [0.717, 1.165) is 39.8 Å². The van der Waals surface area contributed by atoms with Gasteiger partial charge in [0.1, 0.15) is 5.58 Å². The summed E-state index contributed by atoms with van der Waals surface area (Å²) >= 11 is 1.49. The predicted octanol–water partition coefficient (Wildman–Crippen LogP) is 4.28. The third-order valence-corrected chi connectivity index (χ3v) is 6.09. The lowest BCUT2D eigenvalue weighted by Crippen LogP contribution is -2.25. The second-order valence-corrected chi connectivity index (χ2v) is 8.18. The molecule has 0 N–H and O–H groups in total. The van der Waals surface area contributed by atoms with E-state index in [-0.39, 0.29) is 11.5 Å². The van der Waals surface area contributed by atoms with E-state index in [9.17, 15) is 9.59 Å². The van der Waals surface area contributed by atoms with Gasteiger partial charge in [-0.25, -0.2) is 9.80 Å². The Morgan fingerprint density at radius 3 is 2.69 bits per heavy atom. The molecular weight excluding hydrogens is 384 g/mol. The van der Waals surface area contributed by atoms with Gasteiger partial charge < -0.3 is 4.42 Å². The number of rotatable bonds is 5. The summed E-state index contributed by atoms with van der Waals surface area (Å²) in [7, 11) is 0. The first-order valence-corrected chi connectivity index (χ1v) is 10.7. The van der Waals surface area contributed by atoms with Gasteiger partial charge >= 0.3 is 5.63 Å². The van der Waals surface area contributed by atoms with E-state index >= 15 is 0 Å². The maximum atomic E-state index is 12.6. The van der Waals surface area contributed by atoms with Crippen molar-refractivity contribution in [1.29, 1.82) is 0 Å². The minimum absolute atomic E-state index is 0.0137. The molecule has 1 amide bonds. The molecule has 3 aromatic rings. The number of carbonyl (C=O) groups is 1. The zero-order chi connectivity index (χ0) is 20.4. The van der Waals surface area contributed by atoms with Crippen LogP contribution in [0.3, 0.4) is 0 Å². The Morgan fingerprint density at radius 2 is 1.90 bits per heavy atom. The van der Waals surface area contributed by atoms with Crippen LogP contribution in [0.5, 0.6) is 0 Å². The topological polar surface area (TPSA) is 62.9 Å². The molecule has 2 heterocycles. The minimum atomic E-state index is -0.362. The summed E-state index contributed by atoms with van der Waals surface area (Å²) in [6.07, 6.45) is 0.767. The number of amides is 1. The summed E-state index contributed by atoms with van der Waals surface area (Å²) in [5.41, 5.74) is 5.37. The van der Waals surface area contributed by atoms with Gasteiger partial charge in [0, 0.05) is 23.6 Å². The Bertz CT molecular complexity index is 1150. The number of thioether (sulfide) groups is 1. The zero-order valence-corrected chi connectivity index (χ0v) is 17.3. The van der Waals surface area contributed by atoms with Gasteiger partial charge in [-0.1, -0.05) is 30.3 Å². The van der Waals surface area contributed by atoms with E-state index in [1.54, 1.807) is 5.01 Å². The fraction of sp³-hybridized carbons (Fsp3) is 0.261. The summed E-state index contributed by atoms with van der Waals surface area (Å²) in [4.78, 5) is 24.5. The van der Waals surface area contributed by atoms with E-state index < -0.39 is 0 Å². The van der Waals surface area contributed by atoms with Crippen LogP contribution in [0.4, 0.5) is 0 Å². The highest BCUT2D eigenvalue weighted by Gasteiger charge is 2.21. The third-order valence-electron chi connectivity index (χ3n) is 5.12. The highest BCUT2D eigenvalue weighted by atomic mass is 32.2. The Kier molecular flexibility index (Phi) is 5.53. The predicted molar refractivity (Wildman–Crippen MR) is 117 cm³/mol. The molecule has 0 unspecified atom stereocenters. The van der Waals surface area contributed by atoms with Crippen LogP contribution in [0.1, 0.15) is 28.7 Å². The summed E-state index contributed by atoms with van der Waals surface area (Å²) in [6, 6.07) is 15.4. The molecule has 1 aliphatic rings. The highest BCUT2D eigenvalue weighted by molar-refractivity contribution is 7.99. The van der Waals surface area contributed by atoms with E-state index in [1.165, 1.54) is 17.8 Å². The first-order chi connectivity index (χ1) is 14.0. The molecule has 4 rings (SSSR count). The van der Waals surface area contributed by atoms with Crippen LogP contribution in [0, 0.1) is 13.8 Å². The van der Waals surface area contributed by atoms with Crippen molar-refractivity contribution in [3.63, 3.8) is 0 Å². The van der Waals surface area contributed by atoms with Crippen LogP contribution >= 0.6 is 11.8 Å². The van der Waals surface area contributed by atoms with Gasteiger partial charge in [0.15, 0.2) is 0 Å². The number of hydrogen-bond donors (Lipinski definition) is 0. The fourth-order valence-corrected chi connectivity index (χ4v) is 4.28. The highest BCUT2D eigenvalue weighted by Crippen LogP contribution is 2.25. The lowest BCUT2D eigenvalue weighted by atomic mass is 10.0. The van der Waals surface area contributed by atoms with Crippen LogP contribution in [0.2, 0.25) is 0 Å². The average molecular weight is 407 g/mol. The van der Waals surface area contributed by atoms with E-state index in [4.69, 9.17) is 4.42 Å². The SMILES string of the molecule is Cc1cc2oc(=O)cc(CSCC(=O)N3CCC(c4ccccc4)=N3)c2cc1C. The maximum absolute atomic E-state index is 12.6. The summed E-state index contributed by atoms with van der Waals surface area (Å²) < 4.78 is 5.34. The second kappa shape index (κ2) is 8.25. The van der Waals surface area contributed by atoms with Crippen LogP contribution in [0.25, 0.3) is 11.0 Å². The maximum Gasteiger partial charge on any atom is 0.336 e. The standard InChI is InChI=1S/C23H22N2O3S/c1-15-10-19-18(12-23(27)28-21(19)11-16(15)2)13-29-14-22(26)25-9-8-20(24-25)17-6-4-3-5-7-17/h3-7,10-12H,8-9,13-14H2,1-2H3. The Hall–Kier alpha value is -2.86. The molecule has 1 aliphatic heterocycles. The molecule has 0 fully saturated rings. The molecule has 29 heavy (non-hydrogen) atoms. The van der Waals surface area contributed by atoms with Gasteiger partial charge in [-0.2, -0.15) is 5.10 Å². The Labute approximate surface area is 173 Å².